The van der Waals surface area contributed by atoms with Gasteiger partial charge in [-0.25, -0.2) is 0 Å². The Labute approximate surface area is 142 Å². The van der Waals surface area contributed by atoms with Crippen LogP contribution in [0.1, 0.15) is 24.8 Å². The Morgan fingerprint density at radius 3 is 2.74 bits per heavy atom. The highest BCUT2D eigenvalue weighted by atomic mass is 35.5. The number of nitro benzene ring substituents is 1. The van der Waals surface area contributed by atoms with Gasteiger partial charge in [-0.2, -0.15) is 4.99 Å². The van der Waals surface area contributed by atoms with E-state index in [9.17, 15) is 14.9 Å². The van der Waals surface area contributed by atoms with Crippen molar-refractivity contribution in [3.63, 3.8) is 0 Å². The molecule has 23 heavy (non-hydrogen) atoms. The molecular formula is C15H14ClN3O3S. The van der Waals surface area contributed by atoms with Crippen LogP contribution in [-0.4, -0.2) is 34.0 Å². The maximum atomic E-state index is 12.1. The number of hydrogen-bond donors (Lipinski definition) is 0. The van der Waals surface area contributed by atoms with Crippen LogP contribution in [0.25, 0.3) is 6.08 Å². The summed E-state index contributed by atoms with van der Waals surface area (Å²) in [5.41, 5.74) is 0.390. The van der Waals surface area contributed by atoms with Crippen LogP contribution in [0.4, 0.5) is 5.69 Å². The van der Waals surface area contributed by atoms with Crippen molar-refractivity contribution in [1.29, 1.82) is 0 Å². The second kappa shape index (κ2) is 6.72. The van der Waals surface area contributed by atoms with Crippen LogP contribution in [0.3, 0.4) is 0 Å². The average Bonchev–Trinajstić information content (AvgIpc) is 2.91. The van der Waals surface area contributed by atoms with Gasteiger partial charge in [0.1, 0.15) is 5.02 Å². The molecule has 0 aliphatic carbocycles. The number of amides is 1. The predicted molar refractivity (Wildman–Crippen MR) is 91.5 cm³/mol. The average molecular weight is 352 g/mol. The van der Waals surface area contributed by atoms with Crippen molar-refractivity contribution in [3.8, 4) is 0 Å². The molecule has 1 saturated heterocycles. The molecule has 3 rings (SSSR count). The number of aliphatic imine (C=N–C) groups is 1. The van der Waals surface area contributed by atoms with E-state index in [0.717, 1.165) is 31.1 Å². The molecule has 1 aromatic rings. The first-order valence-electron chi connectivity index (χ1n) is 7.26. The summed E-state index contributed by atoms with van der Waals surface area (Å²) in [6.07, 6.45) is 5.04. The molecule has 1 aromatic carbocycles. The van der Waals surface area contributed by atoms with Gasteiger partial charge in [0, 0.05) is 19.2 Å². The summed E-state index contributed by atoms with van der Waals surface area (Å²) in [5, 5.41) is 11.7. The molecule has 0 N–H and O–H groups in total. The van der Waals surface area contributed by atoms with Gasteiger partial charge in [-0.05, 0) is 48.7 Å². The Kier molecular flexibility index (Phi) is 4.68. The number of piperidine rings is 1. The fraction of sp³-hybridized carbons (Fsp3) is 0.333. The third kappa shape index (κ3) is 3.56. The summed E-state index contributed by atoms with van der Waals surface area (Å²) >= 11 is 7.12. The molecule has 8 heteroatoms. The van der Waals surface area contributed by atoms with Crippen molar-refractivity contribution >= 4 is 46.2 Å². The van der Waals surface area contributed by atoms with Crippen LogP contribution in [0.5, 0.6) is 0 Å². The quantitative estimate of drug-likeness (QED) is 0.461. The highest BCUT2D eigenvalue weighted by molar-refractivity contribution is 8.18. The number of likely N-dealkylation sites (tertiary alicyclic amines) is 1. The molecule has 2 aliphatic rings. The van der Waals surface area contributed by atoms with Gasteiger partial charge < -0.3 is 4.90 Å². The monoisotopic (exact) mass is 351 g/mol. The van der Waals surface area contributed by atoms with Crippen molar-refractivity contribution in [1.82, 2.24) is 4.90 Å². The van der Waals surface area contributed by atoms with Crippen LogP contribution in [0.2, 0.25) is 5.02 Å². The molecular weight excluding hydrogens is 338 g/mol. The van der Waals surface area contributed by atoms with E-state index in [-0.39, 0.29) is 16.6 Å². The highest BCUT2D eigenvalue weighted by Crippen LogP contribution is 2.33. The minimum Gasteiger partial charge on any atom is -0.351 e. The molecule has 0 radical (unpaired) electrons. The van der Waals surface area contributed by atoms with Gasteiger partial charge in [-0.1, -0.05) is 17.7 Å². The summed E-state index contributed by atoms with van der Waals surface area (Å²) in [5.74, 6) is -0.298. The van der Waals surface area contributed by atoms with Crippen LogP contribution in [-0.2, 0) is 4.79 Å². The SMILES string of the molecule is O=C1N=C(N2CCCCC2)S/C1=C/c1ccc(Cl)c([N+](=O)[O-])c1. The standard InChI is InChI=1S/C15H14ClN3O3S/c16-11-5-4-10(8-12(11)19(21)22)9-13-14(20)17-15(23-13)18-6-2-1-3-7-18/h4-5,8-9H,1-3,6-7H2/b13-9+. The fourth-order valence-electron chi connectivity index (χ4n) is 2.53. The number of nitro groups is 1. The van der Waals surface area contributed by atoms with Gasteiger partial charge >= 0.3 is 0 Å². The van der Waals surface area contributed by atoms with E-state index in [1.54, 1.807) is 12.1 Å². The molecule has 0 saturated carbocycles. The van der Waals surface area contributed by atoms with Crippen molar-refractivity contribution in [3.05, 3.63) is 43.8 Å². The van der Waals surface area contributed by atoms with Gasteiger partial charge in [0.15, 0.2) is 5.17 Å². The summed E-state index contributed by atoms with van der Waals surface area (Å²) in [7, 11) is 0. The number of carbonyl (C=O) groups is 1. The number of rotatable bonds is 2. The summed E-state index contributed by atoms with van der Waals surface area (Å²) in [4.78, 5) is 29.1. The second-order valence-electron chi connectivity index (χ2n) is 5.33. The number of amidine groups is 1. The van der Waals surface area contributed by atoms with E-state index < -0.39 is 4.92 Å². The van der Waals surface area contributed by atoms with E-state index in [1.807, 2.05) is 0 Å². The van der Waals surface area contributed by atoms with Crippen LogP contribution < -0.4 is 0 Å². The first kappa shape index (κ1) is 16.0. The van der Waals surface area contributed by atoms with E-state index in [4.69, 9.17) is 11.6 Å². The summed E-state index contributed by atoms with van der Waals surface area (Å²) < 4.78 is 0. The Morgan fingerprint density at radius 2 is 2.04 bits per heavy atom. The zero-order valence-corrected chi connectivity index (χ0v) is 13.8. The number of nitrogens with zero attached hydrogens (tertiary/aromatic N) is 3. The van der Waals surface area contributed by atoms with Crippen molar-refractivity contribution in [2.75, 3.05) is 13.1 Å². The Morgan fingerprint density at radius 1 is 1.30 bits per heavy atom. The van der Waals surface area contributed by atoms with E-state index in [0.29, 0.717) is 10.5 Å². The van der Waals surface area contributed by atoms with Crippen LogP contribution in [0.15, 0.2) is 28.1 Å². The molecule has 0 aromatic heterocycles. The lowest BCUT2D eigenvalue weighted by molar-refractivity contribution is -0.384. The van der Waals surface area contributed by atoms with Crippen LogP contribution >= 0.6 is 23.4 Å². The molecule has 1 amide bonds. The van der Waals surface area contributed by atoms with E-state index >= 15 is 0 Å². The Bertz CT molecular complexity index is 727. The zero-order chi connectivity index (χ0) is 16.4. The third-order valence-electron chi connectivity index (χ3n) is 3.70. The van der Waals surface area contributed by atoms with Gasteiger partial charge in [-0.15, -0.1) is 0 Å². The number of thioether (sulfide) groups is 1. The molecule has 0 unspecified atom stereocenters. The van der Waals surface area contributed by atoms with Crippen molar-refractivity contribution in [2.45, 2.75) is 19.3 Å². The van der Waals surface area contributed by atoms with Gasteiger partial charge in [-0.3, -0.25) is 14.9 Å². The van der Waals surface area contributed by atoms with Gasteiger partial charge in [0.2, 0.25) is 0 Å². The normalized spacial score (nSPS) is 20.0. The number of benzene rings is 1. The molecule has 0 bridgehead atoms. The summed E-state index contributed by atoms with van der Waals surface area (Å²) in [6.45, 7) is 1.83. The summed E-state index contributed by atoms with van der Waals surface area (Å²) in [6, 6.07) is 4.47. The van der Waals surface area contributed by atoms with Crippen LogP contribution in [0, 0.1) is 10.1 Å². The predicted octanol–water partition coefficient (Wildman–Crippen LogP) is 3.70. The Hall–Kier alpha value is -1.86. The Balaban J connectivity index is 1.80. The van der Waals surface area contributed by atoms with E-state index in [1.165, 1.54) is 30.3 Å². The van der Waals surface area contributed by atoms with Gasteiger partial charge in [0.05, 0.1) is 9.83 Å². The molecule has 0 atom stereocenters. The largest absolute Gasteiger partial charge is 0.351 e. The molecule has 6 nitrogen and oxygen atoms in total. The maximum absolute atomic E-state index is 12.1. The lowest BCUT2D eigenvalue weighted by Crippen LogP contribution is -2.33. The molecule has 1 fully saturated rings. The number of carbonyl (C=O) groups excluding carboxylic acids is 1. The maximum Gasteiger partial charge on any atom is 0.288 e. The van der Waals surface area contributed by atoms with Crippen molar-refractivity contribution < 1.29 is 9.72 Å². The lowest BCUT2D eigenvalue weighted by atomic mass is 10.1. The smallest absolute Gasteiger partial charge is 0.288 e. The minimum absolute atomic E-state index is 0.0767. The zero-order valence-electron chi connectivity index (χ0n) is 12.2. The second-order valence-corrected chi connectivity index (χ2v) is 6.74. The fourth-order valence-corrected chi connectivity index (χ4v) is 3.68. The molecule has 2 heterocycles. The molecule has 0 spiro atoms. The topological polar surface area (TPSA) is 75.8 Å². The number of hydrogen-bond acceptors (Lipinski definition) is 5. The van der Waals surface area contributed by atoms with E-state index in [2.05, 4.69) is 9.89 Å². The first-order chi connectivity index (χ1) is 11.0. The van der Waals surface area contributed by atoms with Crippen molar-refractivity contribution in [2.24, 2.45) is 4.99 Å². The minimum atomic E-state index is -0.538. The molecule has 2 aliphatic heterocycles. The third-order valence-corrected chi connectivity index (χ3v) is 5.06. The molecule has 120 valence electrons. The number of halogens is 1. The van der Waals surface area contributed by atoms with Gasteiger partial charge in [0.25, 0.3) is 11.6 Å². The lowest BCUT2D eigenvalue weighted by Gasteiger charge is -2.27. The highest BCUT2D eigenvalue weighted by Gasteiger charge is 2.27. The first-order valence-corrected chi connectivity index (χ1v) is 8.45.